The van der Waals surface area contributed by atoms with Crippen LogP contribution in [-0.2, 0) is 0 Å². The van der Waals surface area contributed by atoms with Crippen molar-refractivity contribution in [2.45, 2.75) is 19.9 Å². The molecule has 1 aromatic rings. The number of hydrogen-bond acceptors (Lipinski definition) is 3. The average Bonchev–Trinajstić information content (AvgIpc) is 2.45. The van der Waals surface area contributed by atoms with Crippen LogP contribution in [0.5, 0.6) is 0 Å². The third-order valence-electron chi connectivity index (χ3n) is 1.87. The Morgan fingerprint density at radius 1 is 1.57 bits per heavy atom. The Morgan fingerprint density at radius 3 is 2.57 bits per heavy atom. The van der Waals surface area contributed by atoms with Crippen molar-refractivity contribution in [3.05, 3.63) is 11.8 Å². The molecule has 0 aliphatic carbocycles. The van der Waals surface area contributed by atoms with E-state index in [1.54, 1.807) is 24.8 Å². The summed E-state index contributed by atoms with van der Waals surface area (Å²) in [6, 6.07) is 1.73. The molecule has 2 N–H and O–H groups in total. The van der Waals surface area contributed by atoms with E-state index in [-0.39, 0.29) is 11.9 Å². The molecule has 14 heavy (non-hydrogen) atoms. The van der Waals surface area contributed by atoms with Crippen LogP contribution in [0.4, 0.5) is 5.82 Å². The van der Waals surface area contributed by atoms with Gasteiger partial charge in [-0.1, -0.05) is 0 Å². The Balaban J connectivity index is 3.13. The molecule has 0 radical (unpaired) electrons. The van der Waals surface area contributed by atoms with Crippen LogP contribution in [0.2, 0.25) is 0 Å². The summed E-state index contributed by atoms with van der Waals surface area (Å²) >= 11 is 0. The molecule has 0 bridgehead atoms. The van der Waals surface area contributed by atoms with Gasteiger partial charge in [-0.15, -0.1) is 0 Å². The molecule has 1 aromatic heterocycles. The van der Waals surface area contributed by atoms with Gasteiger partial charge in [-0.2, -0.15) is 5.10 Å². The number of anilines is 1. The van der Waals surface area contributed by atoms with Gasteiger partial charge in [0.15, 0.2) is 0 Å². The van der Waals surface area contributed by atoms with E-state index in [9.17, 15) is 4.79 Å². The summed E-state index contributed by atoms with van der Waals surface area (Å²) in [5.41, 5.74) is 6.08. The van der Waals surface area contributed by atoms with Crippen molar-refractivity contribution in [2.75, 3.05) is 19.8 Å². The van der Waals surface area contributed by atoms with Crippen molar-refractivity contribution < 1.29 is 4.79 Å². The largest absolute Gasteiger partial charge is 0.382 e. The predicted octanol–water partition coefficient (Wildman–Crippen LogP) is 0.748. The van der Waals surface area contributed by atoms with E-state index in [0.717, 1.165) is 0 Å². The van der Waals surface area contributed by atoms with Gasteiger partial charge in [-0.25, -0.2) is 0 Å². The molecule has 1 heterocycles. The Morgan fingerprint density at radius 2 is 2.14 bits per heavy atom. The number of nitrogen functional groups attached to an aromatic ring is 1. The quantitative estimate of drug-likeness (QED) is 0.759. The first kappa shape index (κ1) is 10.6. The van der Waals surface area contributed by atoms with E-state index in [2.05, 4.69) is 5.10 Å². The van der Waals surface area contributed by atoms with Gasteiger partial charge >= 0.3 is 0 Å². The van der Waals surface area contributed by atoms with Gasteiger partial charge in [-0.05, 0) is 13.8 Å². The van der Waals surface area contributed by atoms with Crippen LogP contribution in [0.15, 0.2) is 6.07 Å². The van der Waals surface area contributed by atoms with Crippen LogP contribution in [0, 0.1) is 0 Å². The van der Waals surface area contributed by atoms with Gasteiger partial charge in [0.1, 0.15) is 11.5 Å². The third kappa shape index (κ3) is 1.86. The number of rotatable bonds is 2. The van der Waals surface area contributed by atoms with Gasteiger partial charge in [0.25, 0.3) is 5.91 Å². The van der Waals surface area contributed by atoms with E-state index >= 15 is 0 Å². The Labute approximate surface area is 83.5 Å². The lowest BCUT2D eigenvalue weighted by molar-refractivity contribution is 0.0813. The number of carbonyl (C=O) groups excluding carboxylic acids is 1. The molecular weight excluding hydrogens is 180 g/mol. The molecule has 0 aromatic carbocycles. The Kier molecular flexibility index (Phi) is 2.78. The molecule has 0 aliphatic rings. The zero-order chi connectivity index (χ0) is 10.9. The standard InChI is InChI=1S/C9H16N4O/c1-6(2)13-7(5-8(10)11-13)9(14)12(3)4/h5-6H,1-4H3,(H2,10,11). The average molecular weight is 196 g/mol. The van der Waals surface area contributed by atoms with E-state index in [0.29, 0.717) is 11.5 Å². The van der Waals surface area contributed by atoms with Crippen molar-refractivity contribution in [1.29, 1.82) is 0 Å². The fourth-order valence-electron chi connectivity index (χ4n) is 1.20. The number of amides is 1. The highest BCUT2D eigenvalue weighted by molar-refractivity contribution is 5.93. The van der Waals surface area contributed by atoms with Crippen LogP contribution in [0.25, 0.3) is 0 Å². The number of aromatic nitrogens is 2. The summed E-state index contributed by atoms with van der Waals surface area (Å²) in [5, 5.41) is 4.06. The molecule has 0 atom stereocenters. The van der Waals surface area contributed by atoms with Crippen LogP contribution in [-0.4, -0.2) is 34.7 Å². The van der Waals surface area contributed by atoms with Crippen LogP contribution >= 0.6 is 0 Å². The van der Waals surface area contributed by atoms with Gasteiger partial charge in [0, 0.05) is 26.2 Å². The summed E-state index contributed by atoms with van der Waals surface area (Å²) in [4.78, 5) is 13.2. The molecule has 1 rings (SSSR count). The maximum atomic E-state index is 11.7. The van der Waals surface area contributed by atoms with E-state index in [4.69, 9.17) is 5.73 Å². The number of nitrogens with zero attached hydrogens (tertiary/aromatic N) is 3. The molecular formula is C9H16N4O. The van der Waals surface area contributed by atoms with Gasteiger partial charge in [0.05, 0.1) is 0 Å². The van der Waals surface area contributed by atoms with Gasteiger partial charge in [0.2, 0.25) is 0 Å². The molecule has 5 nitrogen and oxygen atoms in total. The summed E-state index contributed by atoms with van der Waals surface area (Å²) in [5.74, 6) is 0.298. The first-order valence-electron chi connectivity index (χ1n) is 4.50. The Bertz CT molecular complexity index is 341. The van der Waals surface area contributed by atoms with Crippen LogP contribution < -0.4 is 5.73 Å². The molecule has 5 heteroatoms. The summed E-state index contributed by atoms with van der Waals surface area (Å²) in [6.07, 6.45) is 0. The third-order valence-corrected chi connectivity index (χ3v) is 1.87. The van der Waals surface area contributed by atoms with Gasteiger partial charge in [-0.3, -0.25) is 9.48 Å². The number of carbonyl (C=O) groups is 1. The van der Waals surface area contributed by atoms with Crippen molar-refractivity contribution in [3.63, 3.8) is 0 Å². The second-order valence-corrected chi connectivity index (χ2v) is 3.69. The van der Waals surface area contributed by atoms with Crippen LogP contribution in [0.1, 0.15) is 30.4 Å². The molecule has 0 spiro atoms. The molecule has 1 amide bonds. The van der Waals surface area contributed by atoms with Crippen LogP contribution in [0.3, 0.4) is 0 Å². The second-order valence-electron chi connectivity index (χ2n) is 3.69. The highest BCUT2D eigenvalue weighted by Gasteiger charge is 2.17. The predicted molar refractivity (Wildman–Crippen MR) is 55.0 cm³/mol. The van der Waals surface area contributed by atoms with E-state index in [1.165, 1.54) is 4.90 Å². The molecule has 0 saturated heterocycles. The normalized spacial score (nSPS) is 10.6. The monoisotopic (exact) mass is 196 g/mol. The molecule has 0 unspecified atom stereocenters. The molecule has 0 aliphatic heterocycles. The summed E-state index contributed by atoms with van der Waals surface area (Å²) in [7, 11) is 3.41. The maximum absolute atomic E-state index is 11.7. The fourth-order valence-corrected chi connectivity index (χ4v) is 1.20. The summed E-state index contributed by atoms with van der Waals surface area (Å²) in [6.45, 7) is 3.91. The number of nitrogens with two attached hydrogens (primary N) is 1. The fraction of sp³-hybridized carbons (Fsp3) is 0.556. The zero-order valence-electron chi connectivity index (χ0n) is 8.98. The minimum Gasteiger partial charge on any atom is -0.382 e. The van der Waals surface area contributed by atoms with Crippen molar-refractivity contribution in [1.82, 2.24) is 14.7 Å². The lowest BCUT2D eigenvalue weighted by Gasteiger charge is -2.13. The topological polar surface area (TPSA) is 64.2 Å². The van der Waals surface area contributed by atoms with Crippen molar-refractivity contribution in [2.24, 2.45) is 0 Å². The smallest absolute Gasteiger partial charge is 0.271 e. The Hall–Kier alpha value is -1.52. The highest BCUT2D eigenvalue weighted by atomic mass is 16.2. The van der Waals surface area contributed by atoms with E-state index < -0.39 is 0 Å². The van der Waals surface area contributed by atoms with Gasteiger partial charge < -0.3 is 10.6 Å². The SMILES string of the molecule is CC(C)n1nc(N)cc1C(=O)N(C)C. The second kappa shape index (κ2) is 3.69. The zero-order valence-corrected chi connectivity index (χ0v) is 8.98. The van der Waals surface area contributed by atoms with E-state index in [1.807, 2.05) is 13.8 Å². The molecule has 0 saturated carbocycles. The minimum atomic E-state index is -0.0806. The number of hydrogen-bond donors (Lipinski definition) is 1. The minimum absolute atomic E-state index is 0.0806. The summed E-state index contributed by atoms with van der Waals surface area (Å²) < 4.78 is 1.64. The molecule has 78 valence electrons. The molecule has 0 fully saturated rings. The highest BCUT2D eigenvalue weighted by Crippen LogP contribution is 2.13. The maximum Gasteiger partial charge on any atom is 0.271 e. The lowest BCUT2D eigenvalue weighted by atomic mass is 10.3. The van der Waals surface area contributed by atoms with Crippen molar-refractivity contribution in [3.8, 4) is 0 Å². The first-order chi connectivity index (χ1) is 6.43. The first-order valence-corrected chi connectivity index (χ1v) is 4.50. The van der Waals surface area contributed by atoms with Crippen molar-refractivity contribution >= 4 is 11.7 Å². The lowest BCUT2D eigenvalue weighted by Crippen LogP contribution is -2.25.